The number of rotatable bonds is 7. The van der Waals surface area contributed by atoms with Crippen LogP contribution in [0.15, 0.2) is 24.3 Å². The van der Waals surface area contributed by atoms with Gasteiger partial charge in [-0.2, -0.15) is 13.2 Å². The molecule has 1 saturated heterocycles. The Balaban J connectivity index is 0.00000364. The zero-order valence-corrected chi connectivity index (χ0v) is 15.5. The summed E-state index contributed by atoms with van der Waals surface area (Å²) < 4.78 is 44.2. The standard InChI is InChI=1S/C17H21F3N2O4.ClH/c1-11-3-2-4-12(7-11)26-6-5-21-15(23)10-22-8-13(16(24)25)14(9-22)17(18,19)20;/h2-4,7,13-14H,5-6,8-10H2,1H3,(H,21,23)(H,24,25);1H/t13-,14-;/m1./s1. The zero-order chi connectivity index (χ0) is 19.3. The molecular formula is C17H22ClF3N2O4. The molecule has 0 saturated carbocycles. The number of nitrogens with zero attached hydrogens (tertiary/aromatic N) is 1. The Hall–Kier alpha value is -2.00. The number of likely N-dealkylation sites (tertiary alicyclic amines) is 1. The Morgan fingerprint density at radius 1 is 1.33 bits per heavy atom. The third-order valence-electron chi connectivity index (χ3n) is 4.18. The normalized spacial score (nSPS) is 20.0. The highest BCUT2D eigenvalue weighted by Gasteiger charge is 2.52. The Kier molecular flexibility index (Phi) is 8.36. The van der Waals surface area contributed by atoms with Gasteiger partial charge in [-0.25, -0.2) is 0 Å². The highest BCUT2D eigenvalue weighted by molar-refractivity contribution is 5.85. The summed E-state index contributed by atoms with van der Waals surface area (Å²) in [6, 6.07) is 7.38. The van der Waals surface area contributed by atoms with Gasteiger partial charge in [0.1, 0.15) is 12.4 Å². The van der Waals surface area contributed by atoms with Gasteiger partial charge >= 0.3 is 12.1 Å². The molecule has 0 unspecified atom stereocenters. The smallest absolute Gasteiger partial charge is 0.393 e. The molecule has 0 aromatic heterocycles. The lowest BCUT2D eigenvalue weighted by Gasteiger charge is -2.18. The second-order valence-electron chi connectivity index (χ2n) is 6.30. The van der Waals surface area contributed by atoms with E-state index >= 15 is 0 Å². The fourth-order valence-corrected chi connectivity index (χ4v) is 2.92. The Morgan fingerprint density at radius 2 is 2.04 bits per heavy atom. The average Bonchev–Trinajstić information content (AvgIpc) is 2.96. The van der Waals surface area contributed by atoms with Crippen molar-refractivity contribution in [3.05, 3.63) is 29.8 Å². The summed E-state index contributed by atoms with van der Waals surface area (Å²) in [5, 5.41) is 11.5. The van der Waals surface area contributed by atoms with Crippen molar-refractivity contribution in [1.29, 1.82) is 0 Å². The first kappa shape index (κ1) is 23.0. The molecule has 0 spiro atoms. The number of benzene rings is 1. The molecule has 2 atom stereocenters. The number of hydrogen-bond donors (Lipinski definition) is 2. The Morgan fingerprint density at radius 3 is 2.59 bits per heavy atom. The van der Waals surface area contributed by atoms with Crippen molar-refractivity contribution in [3.8, 4) is 5.75 Å². The summed E-state index contributed by atoms with van der Waals surface area (Å²) in [5.41, 5.74) is 1.03. The van der Waals surface area contributed by atoms with Crippen LogP contribution in [0.4, 0.5) is 13.2 Å². The van der Waals surface area contributed by atoms with Gasteiger partial charge in [0.25, 0.3) is 0 Å². The fraction of sp³-hybridized carbons (Fsp3) is 0.529. The average molecular weight is 411 g/mol. The quantitative estimate of drug-likeness (QED) is 0.673. The maximum Gasteiger partial charge on any atom is 0.393 e. The molecular weight excluding hydrogens is 389 g/mol. The molecule has 27 heavy (non-hydrogen) atoms. The lowest BCUT2D eigenvalue weighted by atomic mass is 9.96. The van der Waals surface area contributed by atoms with Crippen molar-refractivity contribution >= 4 is 24.3 Å². The number of nitrogens with one attached hydrogen (secondary N) is 1. The van der Waals surface area contributed by atoms with Crippen molar-refractivity contribution in [2.45, 2.75) is 13.1 Å². The van der Waals surface area contributed by atoms with E-state index in [0.29, 0.717) is 5.75 Å². The van der Waals surface area contributed by atoms with Crippen LogP contribution in [0.1, 0.15) is 5.56 Å². The number of aryl methyl sites for hydroxylation is 1. The van der Waals surface area contributed by atoms with Crippen molar-refractivity contribution in [2.75, 3.05) is 32.8 Å². The molecule has 1 aromatic rings. The van der Waals surface area contributed by atoms with Gasteiger partial charge in [-0.1, -0.05) is 12.1 Å². The monoisotopic (exact) mass is 410 g/mol. The molecule has 2 rings (SSSR count). The third kappa shape index (κ3) is 6.91. The SMILES string of the molecule is Cc1cccc(OCCNC(=O)CN2C[C@@H](C(F)(F)F)[C@H](C(=O)O)C2)c1.Cl. The van der Waals surface area contributed by atoms with E-state index in [9.17, 15) is 22.8 Å². The summed E-state index contributed by atoms with van der Waals surface area (Å²) in [6.45, 7) is 1.27. The fourth-order valence-electron chi connectivity index (χ4n) is 2.92. The number of ether oxygens (including phenoxy) is 1. The van der Waals surface area contributed by atoms with E-state index in [4.69, 9.17) is 9.84 Å². The van der Waals surface area contributed by atoms with Crippen LogP contribution in [0, 0.1) is 18.8 Å². The molecule has 6 nitrogen and oxygen atoms in total. The highest BCUT2D eigenvalue weighted by atomic mass is 35.5. The summed E-state index contributed by atoms with van der Waals surface area (Å²) in [5.74, 6) is -4.81. The van der Waals surface area contributed by atoms with E-state index in [-0.39, 0.29) is 38.6 Å². The molecule has 1 aromatic carbocycles. The predicted octanol–water partition coefficient (Wildman–Crippen LogP) is 2.11. The molecule has 1 aliphatic rings. The molecule has 152 valence electrons. The van der Waals surface area contributed by atoms with Gasteiger partial charge in [0.05, 0.1) is 24.9 Å². The Labute approximate surface area is 161 Å². The Bertz CT molecular complexity index is 657. The number of carboxylic acids is 1. The number of carbonyl (C=O) groups is 2. The van der Waals surface area contributed by atoms with E-state index < -0.39 is 36.4 Å². The lowest BCUT2D eigenvalue weighted by molar-refractivity contribution is -0.188. The maximum atomic E-state index is 12.9. The number of aliphatic carboxylic acids is 1. The van der Waals surface area contributed by atoms with Gasteiger partial charge < -0.3 is 15.2 Å². The van der Waals surface area contributed by atoms with E-state index in [2.05, 4.69) is 5.32 Å². The van der Waals surface area contributed by atoms with Crippen molar-refractivity contribution in [1.82, 2.24) is 10.2 Å². The summed E-state index contributed by atoms with van der Waals surface area (Å²) in [6.07, 6.45) is -4.60. The van der Waals surface area contributed by atoms with Crippen LogP contribution >= 0.6 is 12.4 Å². The van der Waals surface area contributed by atoms with Crippen molar-refractivity contribution in [2.24, 2.45) is 11.8 Å². The van der Waals surface area contributed by atoms with Gasteiger partial charge in [-0.3, -0.25) is 14.5 Å². The maximum absolute atomic E-state index is 12.9. The molecule has 0 radical (unpaired) electrons. The topological polar surface area (TPSA) is 78.9 Å². The molecule has 1 amide bonds. The summed E-state index contributed by atoms with van der Waals surface area (Å²) in [4.78, 5) is 24.1. The molecule has 1 heterocycles. The van der Waals surface area contributed by atoms with Gasteiger partial charge in [-0.15, -0.1) is 12.4 Å². The van der Waals surface area contributed by atoms with Gasteiger partial charge in [-0.05, 0) is 24.6 Å². The van der Waals surface area contributed by atoms with Crippen LogP contribution in [-0.4, -0.2) is 60.8 Å². The van der Waals surface area contributed by atoms with Gasteiger partial charge in [0, 0.05) is 13.1 Å². The molecule has 0 aliphatic carbocycles. The van der Waals surface area contributed by atoms with Gasteiger partial charge in [0.15, 0.2) is 0 Å². The van der Waals surface area contributed by atoms with Crippen molar-refractivity contribution < 1.29 is 32.6 Å². The predicted molar refractivity (Wildman–Crippen MR) is 94.0 cm³/mol. The molecule has 0 bridgehead atoms. The number of amides is 1. The summed E-state index contributed by atoms with van der Waals surface area (Å²) >= 11 is 0. The number of alkyl halides is 3. The molecule has 1 aliphatic heterocycles. The van der Waals surface area contributed by atoms with E-state index in [1.165, 1.54) is 4.90 Å². The van der Waals surface area contributed by atoms with Crippen LogP contribution < -0.4 is 10.1 Å². The second-order valence-corrected chi connectivity index (χ2v) is 6.30. The first-order chi connectivity index (χ1) is 12.2. The number of carbonyl (C=O) groups excluding carboxylic acids is 1. The first-order valence-corrected chi connectivity index (χ1v) is 8.15. The minimum atomic E-state index is -4.60. The van der Waals surface area contributed by atoms with E-state index in [0.717, 1.165) is 5.56 Å². The first-order valence-electron chi connectivity index (χ1n) is 8.15. The van der Waals surface area contributed by atoms with Crippen LogP contribution in [-0.2, 0) is 9.59 Å². The number of halogens is 4. The van der Waals surface area contributed by atoms with Crippen LogP contribution in [0.25, 0.3) is 0 Å². The van der Waals surface area contributed by atoms with Crippen LogP contribution in [0.3, 0.4) is 0 Å². The minimum Gasteiger partial charge on any atom is -0.492 e. The lowest BCUT2D eigenvalue weighted by Crippen LogP contribution is -2.38. The van der Waals surface area contributed by atoms with E-state index in [1.54, 1.807) is 6.07 Å². The zero-order valence-electron chi connectivity index (χ0n) is 14.7. The highest BCUT2D eigenvalue weighted by Crippen LogP contribution is 2.37. The van der Waals surface area contributed by atoms with Gasteiger partial charge in [0.2, 0.25) is 5.91 Å². The second kappa shape index (κ2) is 9.80. The largest absolute Gasteiger partial charge is 0.492 e. The molecule has 1 fully saturated rings. The van der Waals surface area contributed by atoms with E-state index in [1.807, 2.05) is 25.1 Å². The number of hydrogen-bond acceptors (Lipinski definition) is 4. The van der Waals surface area contributed by atoms with Crippen LogP contribution in [0.5, 0.6) is 5.75 Å². The van der Waals surface area contributed by atoms with Crippen molar-refractivity contribution in [3.63, 3.8) is 0 Å². The molecule has 2 N–H and O–H groups in total. The summed E-state index contributed by atoms with van der Waals surface area (Å²) in [7, 11) is 0. The van der Waals surface area contributed by atoms with Crippen LogP contribution in [0.2, 0.25) is 0 Å². The third-order valence-corrected chi connectivity index (χ3v) is 4.18. The minimum absolute atomic E-state index is 0. The molecule has 10 heteroatoms. The number of carboxylic acid groups (broad SMARTS) is 1.